The average Bonchev–Trinajstić information content (AvgIpc) is 3.65. The molecule has 3 aromatic carbocycles. The van der Waals surface area contributed by atoms with E-state index in [4.69, 9.17) is 0 Å². The van der Waals surface area contributed by atoms with Crippen molar-refractivity contribution in [2.24, 2.45) is 0 Å². The lowest BCUT2D eigenvalue weighted by Crippen LogP contribution is -2.44. The van der Waals surface area contributed by atoms with Crippen LogP contribution in [0.2, 0.25) is 0 Å². The first-order chi connectivity index (χ1) is 17.1. The number of carbonyl (C=O) groups excluding carboxylic acids is 2. The lowest BCUT2D eigenvalue weighted by molar-refractivity contribution is -0.132. The Balaban J connectivity index is 1.34. The third kappa shape index (κ3) is 5.65. The van der Waals surface area contributed by atoms with Crippen LogP contribution in [-0.4, -0.2) is 45.7 Å². The van der Waals surface area contributed by atoms with E-state index in [9.17, 15) is 9.59 Å². The fourth-order valence-corrected chi connectivity index (χ4v) is 4.71. The summed E-state index contributed by atoms with van der Waals surface area (Å²) >= 11 is 3.42. The van der Waals surface area contributed by atoms with E-state index in [1.807, 2.05) is 77.8 Å². The molecule has 1 saturated carbocycles. The minimum atomic E-state index is -0.0790. The van der Waals surface area contributed by atoms with E-state index in [2.05, 4.69) is 33.0 Å². The molecule has 1 aromatic heterocycles. The first-order valence-electron chi connectivity index (χ1n) is 12.0. The zero-order valence-electron chi connectivity index (χ0n) is 19.5. The van der Waals surface area contributed by atoms with Gasteiger partial charge in [0, 0.05) is 46.3 Å². The summed E-state index contributed by atoms with van der Waals surface area (Å²) in [6.07, 6.45) is 4.67. The highest BCUT2D eigenvalue weighted by atomic mass is 79.9. The summed E-state index contributed by atoms with van der Waals surface area (Å²) in [6, 6.07) is 25.8. The van der Waals surface area contributed by atoms with Crippen LogP contribution >= 0.6 is 15.9 Å². The number of halogens is 1. The molecule has 1 heterocycles. The van der Waals surface area contributed by atoms with Crippen molar-refractivity contribution in [3.8, 4) is 0 Å². The summed E-state index contributed by atoms with van der Waals surface area (Å²) in [5, 5.41) is 1.18. The highest BCUT2D eigenvalue weighted by molar-refractivity contribution is 9.10. The SMILES string of the molecule is O=C(CN(C(=O)c1ccc(Br)cc1)C1CC1)N(CCc1c[nH]c2ccccc12)Cc1ccccc1. The predicted molar refractivity (Wildman–Crippen MR) is 142 cm³/mol. The van der Waals surface area contributed by atoms with Crippen LogP contribution in [0.3, 0.4) is 0 Å². The summed E-state index contributed by atoms with van der Waals surface area (Å²) in [5.41, 5.74) is 3.98. The summed E-state index contributed by atoms with van der Waals surface area (Å²) in [6.45, 7) is 1.20. The molecule has 2 amide bonds. The van der Waals surface area contributed by atoms with Crippen LogP contribution in [0.5, 0.6) is 0 Å². The van der Waals surface area contributed by atoms with Gasteiger partial charge < -0.3 is 14.8 Å². The normalized spacial score (nSPS) is 13.1. The fraction of sp³-hybridized carbons (Fsp3) is 0.241. The van der Waals surface area contributed by atoms with Crippen LogP contribution in [-0.2, 0) is 17.8 Å². The van der Waals surface area contributed by atoms with Crippen LogP contribution in [0.25, 0.3) is 10.9 Å². The van der Waals surface area contributed by atoms with Gasteiger partial charge in [0.2, 0.25) is 5.91 Å². The number of carbonyl (C=O) groups is 2. The first-order valence-corrected chi connectivity index (χ1v) is 12.8. The summed E-state index contributed by atoms with van der Waals surface area (Å²) in [4.78, 5) is 33.9. The number of hydrogen-bond donors (Lipinski definition) is 1. The van der Waals surface area contributed by atoms with Crippen molar-refractivity contribution in [3.05, 3.63) is 106 Å². The molecule has 4 aromatic rings. The molecule has 5 nitrogen and oxygen atoms in total. The standard InChI is InChI=1S/C29H28BrN3O2/c30-24-12-10-22(11-13-24)29(35)33(25-14-15-25)20-28(34)32(19-21-6-2-1-3-7-21)17-16-23-18-31-27-9-5-4-8-26(23)27/h1-13,18,25,31H,14-17,19-20H2. The molecule has 0 aliphatic heterocycles. The van der Waals surface area contributed by atoms with Crippen LogP contribution in [0.15, 0.2) is 89.5 Å². The number of hydrogen-bond acceptors (Lipinski definition) is 2. The molecular formula is C29H28BrN3O2. The lowest BCUT2D eigenvalue weighted by Gasteiger charge is -2.28. The highest BCUT2D eigenvalue weighted by Gasteiger charge is 2.35. The number of nitrogens with one attached hydrogen (secondary N) is 1. The van der Waals surface area contributed by atoms with Crippen molar-refractivity contribution in [1.29, 1.82) is 0 Å². The maximum Gasteiger partial charge on any atom is 0.254 e. The topological polar surface area (TPSA) is 56.4 Å². The second kappa shape index (κ2) is 10.5. The van der Waals surface area contributed by atoms with E-state index in [0.29, 0.717) is 18.7 Å². The van der Waals surface area contributed by atoms with E-state index in [1.165, 1.54) is 10.9 Å². The van der Waals surface area contributed by atoms with Gasteiger partial charge in [0.1, 0.15) is 6.54 Å². The van der Waals surface area contributed by atoms with Crippen molar-refractivity contribution in [1.82, 2.24) is 14.8 Å². The zero-order chi connectivity index (χ0) is 24.2. The van der Waals surface area contributed by atoms with Gasteiger partial charge in [0.05, 0.1) is 0 Å². The molecule has 0 radical (unpaired) electrons. The fourth-order valence-electron chi connectivity index (χ4n) is 4.45. The second-order valence-electron chi connectivity index (χ2n) is 9.08. The number of para-hydroxylation sites is 1. The third-order valence-electron chi connectivity index (χ3n) is 6.54. The van der Waals surface area contributed by atoms with Crippen molar-refractivity contribution in [3.63, 3.8) is 0 Å². The van der Waals surface area contributed by atoms with Gasteiger partial charge in [-0.05, 0) is 60.7 Å². The monoisotopic (exact) mass is 529 g/mol. The number of rotatable bonds is 9. The molecule has 35 heavy (non-hydrogen) atoms. The van der Waals surface area contributed by atoms with E-state index >= 15 is 0 Å². The Bertz CT molecular complexity index is 1310. The molecule has 0 bridgehead atoms. The molecule has 0 saturated heterocycles. The molecule has 1 fully saturated rings. The van der Waals surface area contributed by atoms with Gasteiger partial charge in [-0.2, -0.15) is 0 Å². The maximum absolute atomic E-state index is 13.6. The van der Waals surface area contributed by atoms with Gasteiger partial charge >= 0.3 is 0 Å². The number of benzene rings is 3. The highest BCUT2D eigenvalue weighted by Crippen LogP contribution is 2.29. The Morgan fingerprint density at radius 1 is 0.914 bits per heavy atom. The largest absolute Gasteiger partial charge is 0.361 e. The van der Waals surface area contributed by atoms with Gasteiger partial charge in [-0.15, -0.1) is 0 Å². The third-order valence-corrected chi connectivity index (χ3v) is 7.07. The van der Waals surface area contributed by atoms with Gasteiger partial charge in [-0.1, -0.05) is 64.5 Å². The van der Waals surface area contributed by atoms with Gasteiger partial charge in [-0.25, -0.2) is 0 Å². The number of aromatic nitrogens is 1. The number of nitrogens with zero attached hydrogens (tertiary/aromatic N) is 2. The number of fused-ring (bicyclic) bond motifs is 1. The summed E-state index contributed by atoms with van der Waals surface area (Å²) in [7, 11) is 0. The minimum Gasteiger partial charge on any atom is -0.361 e. The summed E-state index contributed by atoms with van der Waals surface area (Å²) in [5.74, 6) is -0.101. The Kier molecular flexibility index (Phi) is 7.00. The van der Waals surface area contributed by atoms with Crippen molar-refractivity contribution in [2.75, 3.05) is 13.1 Å². The summed E-state index contributed by atoms with van der Waals surface area (Å²) < 4.78 is 0.925. The molecule has 0 spiro atoms. The molecule has 0 unspecified atom stereocenters. The lowest BCUT2D eigenvalue weighted by atomic mass is 10.1. The van der Waals surface area contributed by atoms with Gasteiger partial charge in [-0.3, -0.25) is 9.59 Å². The predicted octanol–water partition coefficient (Wildman–Crippen LogP) is 5.81. The average molecular weight is 530 g/mol. The van der Waals surface area contributed by atoms with Crippen LogP contribution in [0.1, 0.15) is 34.3 Å². The number of H-pyrrole nitrogens is 1. The van der Waals surface area contributed by atoms with Crippen molar-refractivity contribution < 1.29 is 9.59 Å². The molecule has 1 aliphatic carbocycles. The smallest absolute Gasteiger partial charge is 0.254 e. The minimum absolute atomic E-state index is 0.0222. The molecule has 1 aliphatic rings. The zero-order valence-corrected chi connectivity index (χ0v) is 21.1. The van der Waals surface area contributed by atoms with E-state index < -0.39 is 0 Å². The number of aromatic amines is 1. The molecular weight excluding hydrogens is 502 g/mol. The Morgan fingerprint density at radius 3 is 2.37 bits per heavy atom. The quantitative estimate of drug-likeness (QED) is 0.297. The molecule has 178 valence electrons. The number of amides is 2. The Morgan fingerprint density at radius 2 is 1.63 bits per heavy atom. The van der Waals surface area contributed by atoms with Crippen LogP contribution in [0, 0.1) is 0 Å². The molecule has 1 N–H and O–H groups in total. The molecule has 0 atom stereocenters. The molecule has 5 rings (SSSR count). The van der Waals surface area contributed by atoms with Crippen LogP contribution < -0.4 is 0 Å². The van der Waals surface area contributed by atoms with E-state index in [1.54, 1.807) is 4.90 Å². The van der Waals surface area contributed by atoms with E-state index in [-0.39, 0.29) is 24.4 Å². The second-order valence-corrected chi connectivity index (χ2v) is 10.00. The Labute approximate surface area is 213 Å². The van der Waals surface area contributed by atoms with Gasteiger partial charge in [0.15, 0.2) is 0 Å². The first kappa shape index (κ1) is 23.4. The van der Waals surface area contributed by atoms with Crippen LogP contribution in [0.4, 0.5) is 0 Å². The Hall–Kier alpha value is -3.38. The maximum atomic E-state index is 13.6. The molecule has 6 heteroatoms. The van der Waals surface area contributed by atoms with Crippen molar-refractivity contribution in [2.45, 2.75) is 31.8 Å². The van der Waals surface area contributed by atoms with Crippen molar-refractivity contribution >= 4 is 38.6 Å². The van der Waals surface area contributed by atoms with Gasteiger partial charge in [0.25, 0.3) is 5.91 Å². The van der Waals surface area contributed by atoms with E-state index in [0.717, 1.165) is 34.8 Å².